The summed E-state index contributed by atoms with van der Waals surface area (Å²) in [7, 11) is 0. The van der Waals surface area contributed by atoms with Gasteiger partial charge < -0.3 is 15.4 Å². The maximum absolute atomic E-state index is 14.5. The number of nitrogens with two attached hydrogens (primary N) is 1. The van der Waals surface area contributed by atoms with Gasteiger partial charge in [0.2, 0.25) is 0 Å². The number of hydrogen-bond acceptors (Lipinski definition) is 5. The summed E-state index contributed by atoms with van der Waals surface area (Å²) in [5.74, 6) is -0.409. The van der Waals surface area contributed by atoms with Crippen molar-refractivity contribution >= 4 is 45.1 Å². The molecule has 0 aliphatic carbocycles. The molecule has 0 radical (unpaired) electrons. The average molecular weight is 440 g/mol. The molecule has 5 rings (SSSR count). The summed E-state index contributed by atoms with van der Waals surface area (Å²) in [5.41, 5.74) is 8.85. The van der Waals surface area contributed by atoms with Crippen molar-refractivity contribution in [2.45, 2.75) is 6.92 Å². The lowest BCUT2D eigenvalue weighted by atomic mass is 10.1. The summed E-state index contributed by atoms with van der Waals surface area (Å²) >= 11 is 6.45. The summed E-state index contributed by atoms with van der Waals surface area (Å²) < 4.78 is 21.8. The highest BCUT2D eigenvalue weighted by Gasteiger charge is 2.22. The summed E-state index contributed by atoms with van der Waals surface area (Å²) in [6.45, 7) is 4.43. The monoisotopic (exact) mass is 439 g/mol. The number of aromatic nitrogens is 3. The van der Waals surface area contributed by atoms with Gasteiger partial charge in [0, 0.05) is 30.4 Å². The molecule has 3 heterocycles. The highest BCUT2D eigenvalue weighted by atomic mass is 35.5. The van der Waals surface area contributed by atoms with Gasteiger partial charge in [-0.15, -0.1) is 0 Å². The topological polar surface area (TPSA) is 86.3 Å². The molecule has 9 heteroatoms. The third-order valence-electron chi connectivity index (χ3n) is 5.57. The number of halogens is 2. The SMILES string of the molecule is Cc1nc2c(C(N)=O)cc(N3CCOCC3)cc2n1-c1ccnc2c(F)ccc(Cl)c12. The van der Waals surface area contributed by atoms with E-state index in [0.29, 0.717) is 64.8 Å². The molecule has 0 atom stereocenters. The van der Waals surface area contributed by atoms with Gasteiger partial charge in [0.25, 0.3) is 5.91 Å². The van der Waals surface area contributed by atoms with Crippen LogP contribution >= 0.6 is 11.6 Å². The number of hydrogen-bond donors (Lipinski definition) is 1. The van der Waals surface area contributed by atoms with Gasteiger partial charge in [-0.25, -0.2) is 9.37 Å². The van der Waals surface area contributed by atoms with E-state index < -0.39 is 11.7 Å². The number of nitrogens with zero attached hydrogens (tertiary/aromatic N) is 4. The van der Waals surface area contributed by atoms with Crippen LogP contribution in [0.3, 0.4) is 0 Å². The quantitative estimate of drug-likeness (QED) is 0.527. The molecule has 1 fully saturated rings. The second-order valence-corrected chi connectivity index (χ2v) is 7.81. The van der Waals surface area contributed by atoms with Crippen molar-refractivity contribution in [3.05, 3.63) is 58.8 Å². The fourth-order valence-electron chi connectivity index (χ4n) is 4.14. The number of ether oxygens (including phenoxy) is 1. The number of benzene rings is 2. The van der Waals surface area contributed by atoms with Crippen LogP contribution in [0.1, 0.15) is 16.2 Å². The number of primary amides is 1. The minimum Gasteiger partial charge on any atom is -0.378 e. The molecule has 31 heavy (non-hydrogen) atoms. The Hall–Kier alpha value is -3.23. The van der Waals surface area contributed by atoms with E-state index in [4.69, 9.17) is 22.1 Å². The number of aryl methyl sites for hydroxylation is 1. The molecule has 1 aliphatic rings. The molecule has 4 aromatic rings. The zero-order valence-electron chi connectivity index (χ0n) is 16.7. The molecule has 0 unspecified atom stereocenters. The van der Waals surface area contributed by atoms with Crippen LogP contribution in [-0.4, -0.2) is 46.7 Å². The fourth-order valence-corrected chi connectivity index (χ4v) is 4.39. The lowest BCUT2D eigenvalue weighted by Crippen LogP contribution is -2.36. The van der Waals surface area contributed by atoms with Crippen LogP contribution < -0.4 is 10.6 Å². The third kappa shape index (κ3) is 3.19. The molecule has 1 aliphatic heterocycles. The van der Waals surface area contributed by atoms with Gasteiger partial charge in [-0.05, 0) is 37.3 Å². The summed E-state index contributed by atoms with van der Waals surface area (Å²) in [6.07, 6.45) is 1.53. The van der Waals surface area contributed by atoms with E-state index >= 15 is 0 Å². The Kier molecular flexibility index (Phi) is 4.75. The molecular formula is C22H19ClFN5O2. The molecule has 2 N–H and O–H groups in total. The van der Waals surface area contributed by atoms with Gasteiger partial charge in [0.05, 0.1) is 35.0 Å². The molecular weight excluding hydrogens is 421 g/mol. The van der Waals surface area contributed by atoms with Crippen LogP contribution in [0.4, 0.5) is 10.1 Å². The van der Waals surface area contributed by atoms with Crippen LogP contribution in [0.5, 0.6) is 0 Å². The summed E-state index contributed by atoms with van der Waals surface area (Å²) in [4.78, 5) is 23.2. The predicted octanol–water partition coefficient (Wildman–Crippen LogP) is 3.61. The first kappa shape index (κ1) is 19.7. The van der Waals surface area contributed by atoms with E-state index in [2.05, 4.69) is 14.9 Å². The molecule has 0 spiro atoms. The van der Waals surface area contributed by atoms with Crippen molar-refractivity contribution < 1.29 is 13.9 Å². The van der Waals surface area contributed by atoms with Gasteiger partial charge in [-0.2, -0.15) is 0 Å². The van der Waals surface area contributed by atoms with Crippen molar-refractivity contribution in [3.63, 3.8) is 0 Å². The van der Waals surface area contributed by atoms with E-state index in [1.54, 1.807) is 12.1 Å². The van der Waals surface area contributed by atoms with Gasteiger partial charge in [0.1, 0.15) is 22.7 Å². The molecule has 1 amide bonds. The smallest absolute Gasteiger partial charge is 0.251 e. The van der Waals surface area contributed by atoms with Crippen molar-refractivity contribution in [1.82, 2.24) is 14.5 Å². The largest absolute Gasteiger partial charge is 0.378 e. The van der Waals surface area contributed by atoms with E-state index in [0.717, 1.165) is 5.69 Å². The van der Waals surface area contributed by atoms with Crippen molar-refractivity contribution in [2.24, 2.45) is 5.73 Å². The normalized spacial score (nSPS) is 14.5. The lowest BCUT2D eigenvalue weighted by molar-refractivity contribution is 0.100. The molecule has 158 valence electrons. The maximum atomic E-state index is 14.5. The molecule has 2 aromatic heterocycles. The number of anilines is 1. The van der Waals surface area contributed by atoms with Gasteiger partial charge in [-0.3, -0.25) is 14.3 Å². The van der Waals surface area contributed by atoms with Crippen molar-refractivity contribution in [1.29, 1.82) is 0 Å². The number of carbonyl (C=O) groups is 1. The summed E-state index contributed by atoms with van der Waals surface area (Å²) in [5, 5.41) is 0.851. The minimum absolute atomic E-state index is 0.172. The highest BCUT2D eigenvalue weighted by Crippen LogP contribution is 2.35. The number of fused-ring (bicyclic) bond motifs is 2. The van der Waals surface area contributed by atoms with Crippen molar-refractivity contribution in [3.8, 4) is 5.69 Å². The van der Waals surface area contributed by atoms with Gasteiger partial charge in [-0.1, -0.05) is 11.6 Å². The number of amides is 1. The first-order valence-corrected chi connectivity index (χ1v) is 10.2. The first-order chi connectivity index (χ1) is 15.0. The molecule has 0 bridgehead atoms. The van der Waals surface area contributed by atoms with Crippen molar-refractivity contribution in [2.75, 3.05) is 31.2 Å². The van der Waals surface area contributed by atoms with Crippen LogP contribution in [0.15, 0.2) is 36.5 Å². The van der Waals surface area contributed by atoms with E-state index in [-0.39, 0.29) is 5.52 Å². The third-order valence-corrected chi connectivity index (χ3v) is 5.88. The Morgan fingerprint density at radius 3 is 2.71 bits per heavy atom. The van der Waals surface area contributed by atoms with Crippen LogP contribution in [0.25, 0.3) is 27.6 Å². The van der Waals surface area contributed by atoms with E-state index in [9.17, 15) is 9.18 Å². The number of rotatable bonds is 3. The average Bonchev–Trinajstić information content (AvgIpc) is 3.11. The fraction of sp³-hybridized carbons (Fsp3) is 0.227. The Labute approximate surface area is 182 Å². The van der Waals surface area contributed by atoms with Crippen LogP contribution in [0.2, 0.25) is 5.02 Å². The second kappa shape index (κ2) is 7.47. The van der Waals surface area contributed by atoms with Crippen LogP contribution in [0, 0.1) is 12.7 Å². The molecule has 2 aromatic carbocycles. The number of carbonyl (C=O) groups excluding carboxylic acids is 1. The van der Waals surface area contributed by atoms with Gasteiger partial charge in [0.15, 0.2) is 0 Å². The Morgan fingerprint density at radius 2 is 1.97 bits per heavy atom. The molecule has 7 nitrogen and oxygen atoms in total. The molecule has 1 saturated heterocycles. The Morgan fingerprint density at radius 1 is 1.19 bits per heavy atom. The highest BCUT2D eigenvalue weighted by molar-refractivity contribution is 6.36. The number of imidazole rings is 1. The number of morpholine rings is 1. The Bertz CT molecular complexity index is 1350. The van der Waals surface area contributed by atoms with E-state index in [1.807, 2.05) is 17.6 Å². The van der Waals surface area contributed by atoms with Gasteiger partial charge >= 0.3 is 0 Å². The predicted molar refractivity (Wildman–Crippen MR) is 118 cm³/mol. The van der Waals surface area contributed by atoms with Crippen LogP contribution in [-0.2, 0) is 4.74 Å². The lowest BCUT2D eigenvalue weighted by Gasteiger charge is -2.29. The van der Waals surface area contributed by atoms with E-state index in [1.165, 1.54) is 18.3 Å². The zero-order valence-corrected chi connectivity index (χ0v) is 17.5. The summed E-state index contributed by atoms with van der Waals surface area (Å²) in [6, 6.07) is 8.29. The molecule has 0 saturated carbocycles. The minimum atomic E-state index is -0.562. The maximum Gasteiger partial charge on any atom is 0.251 e. The first-order valence-electron chi connectivity index (χ1n) is 9.84. The zero-order chi connectivity index (χ0) is 21.7. The second-order valence-electron chi connectivity index (χ2n) is 7.40. The number of pyridine rings is 1. The standard InChI is InChI=1S/C22H19ClFN5O2/c1-12-27-20-14(22(25)30)10-13(28-6-8-31-9-7-28)11-18(20)29(12)17-4-5-26-21-16(24)3-2-15(23)19(17)21/h2-5,10-11H,6-9H2,1H3,(H2,25,30). The Balaban J connectivity index is 1.84.